The number of hydrogen-bond donors (Lipinski definition) is 1. The quantitative estimate of drug-likeness (QED) is 0.808. The van der Waals surface area contributed by atoms with Crippen LogP contribution in [0.25, 0.3) is 11.0 Å². The van der Waals surface area contributed by atoms with Crippen LogP contribution in [0.4, 0.5) is 0 Å². The van der Waals surface area contributed by atoms with Crippen LogP contribution in [0.2, 0.25) is 0 Å². The Morgan fingerprint density at radius 1 is 1.27 bits per heavy atom. The Morgan fingerprint density at radius 2 is 2.09 bits per heavy atom. The number of aryl methyl sites for hydroxylation is 2. The molecule has 0 bridgehead atoms. The minimum absolute atomic E-state index is 0.122. The number of amides is 1. The van der Waals surface area contributed by atoms with Crippen molar-refractivity contribution >= 4 is 16.9 Å². The molecule has 0 aliphatic rings. The lowest BCUT2D eigenvalue weighted by Gasteiger charge is -2.13. The minimum atomic E-state index is -0.144. The highest BCUT2D eigenvalue weighted by atomic mass is 16.1. The number of carbonyl (C=O) groups is 1. The van der Waals surface area contributed by atoms with Crippen molar-refractivity contribution in [3.8, 4) is 0 Å². The molecule has 1 N–H and O–H groups in total. The number of pyridine rings is 1. The highest BCUT2D eigenvalue weighted by molar-refractivity contribution is 5.97. The Balaban J connectivity index is 1.83. The molecule has 0 aliphatic heterocycles. The third kappa shape index (κ3) is 2.57. The number of imidazole rings is 1. The average Bonchev–Trinajstić information content (AvgIpc) is 2.82. The second-order valence-electron chi connectivity index (χ2n) is 5.37. The Labute approximate surface area is 129 Å². The molecule has 3 aromatic rings. The summed E-state index contributed by atoms with van der Waals surface area (Å²) in [6.07, 6.45) is 1.72. The Hall–Kier alpha value is -2.69. The summed E-state index contributed by atoms with van der Waals surface area (Å²) in [5, 5.41) is 2.96. The topological polar surface area (TPSA) is 59.8 Å². The largest absolute Gasteiger partial charge is 0.344 e. The number of rotatable bonds is 3. The number of nitrogens with one attached hydrogen (secondary N) is 1. The number of nitrogens with zero attached hydrogens (tertiary/aromatic N) is 3. The van der Waals surface area contributed by atoms with E-state index in [1.54, 1.807) is 6.20 Å². The van der Waals surface area contributed by atoms with Crippen molar-refractivity contribution in [3.63, 3.8) is 0 Å². The molecular weight excluding hydrogens is 276 g/mol. The van der Waals surface area contributed by atoms with Gasteiger partial charge in [0.25, 0.3) is 5.91 Å². The number of carbonyl (C=O) groups excluding carboxylic acids is 1. The first-order valence-electron chi connectivity index (χ1n) is 7.21. The van der Waals surface area contributed by atoms with Crippen molar-refractivity contribution < 1.29 is 4.79 Å². The Kier molecular flexibility index (Phi) is 3.63. The van der Waals surface area contributed by atoms with Crippen molar-refractivity contribution in [3.05, 3.63) is 59.7 Å². The number of hydrogen-bond acceptors (Lipinski definition) is 3. The average molecular weight is 294 g/mol. The van der Waals surface area contributed by atoms with Gasteiger partial charge in [0, 0.05) is 18.8 Å². The zero-order valence-electron chi connectivity index (χ0n) is 12.9. The first kappa shape index (κ1) is 14.3. The van der Waals surface area contributed by atoms with Crippen LogP contribution >= 0.6 is 0 Å². The van der Waals surface area contributed by atoms with Gasteiger partial charge >= 0.3 is 0 Å². The van der Waals surface area contributed by atoms with E-state index in [1.807, 2.05) is 61.9 Å². The molecular formula is C17H18N4O. The van der Waals surface area contributed by atoms with Crippen molar-refractivity contribution in [1.82, 2.24) is 19.9 Å². The smallest absolute Gasteiger partial charge is 0.251 e. The van der Waals surface area contributed by atoms with E-state index in [9.17, 15) is 4.79 Å². The molecule has 2 aromatic heterocycles. The van der Waals surface area contributed by atoms with Crippen LogP contribution in [-0.4, -0.2) is 20.4 Å². The summed E-state index contributed by atoms with van der Waals surface area (Å²) < 4.78 is 2.01. The molecule has 22 heavy (non-hydrogen) atoms. The monoisotopic (exact) mass is 294 g/mol. The van der Waals surface area contributed by atoms with E-state index in [-0.39, 0.29) is 11.9 Å². The van der Waals surface area contributed by atoms with Crippen LogP contribution in [0, 0.1) is 6.92 Å². The normalized spacial score (nSPS) is 12.3. The second kappa shape index (κ2) is 5.60. The fourth-order valence-electron chi connectivity index (χ4n) is 2.45. The molecule has 0 aliphatic carbocycles. The maximum atomic E-state index is 12.4. The standard InChI is InChI=1S/C17H18N4O/c1-11(14-6-4-5-9-18-14)19-17(22)13-7-8-16-15(10-13)20-12(2)21(16)3/h4-11H,1-3H3,(H,19,22)/t11-/m1/s1. The zero-order chi connectivity index (χ0) is 15.7. The van der Waals surface area contributed by atoms with Gasteiger partial charge in [0.05, 0.1) is 22.8 Å². The maximum absolute atomic E-state index is 12.4. The van der Waals surface area contributed by atoms with E-state index in [1.165, 1.54) is 0 Å². The van der Waals surface area contributed by atoms with E-state index in [4.69, 9.17) is 0 Å². The maximum Gasteiger partial charge on any atom is 0.251 e. The molecule has 1 atom stereocenters. The Morgan fingerprint density at radius 3 is 2.82 bits per heavy atom. The molecule has 0 saturated carbocycles. The third-order valence-corrected chi connectivity index (χ3v) is 3.85. The lowest BCUT2D eigenvalue weighted by molar-refractivity contribution is 0.0939. The van der Waals surface area contributed by atoms with Crippen LogP contribution < -0.4 is 5.32 Å². The highest BCUT2D eigenvalue weighted by Crippen LogP contribution is 2.17. The van der Waals surface area contributed by atoms with Gasteiger partial charge in [-0.1, -0.05) is 6.07 Å². The number of benzene rings is 1. The van der Waals surface area contributed by atoms with Crippen LogP contribution in [0.1, 0.15) is 34.8 Å². The van der Waals surface area contributed by atoms with Gasteiger partial charge < -0.3 is 9.88 Å². The van der Waals surface area contributed by atoms with Crippen molar-refractivity contribution in [1.29, 1.82) is 0 Å². The summed E-state index contributed by atoms with van der Waals surface area (Å²) in [6.45, 7) is 3.87. The molecule has 5 nitrogen and oxygen atoms in total. The van der Waals surface area contributed by atoms with Gasteiger partial charge in [0.1, 0.15) is 5.82 Å². The summed E-state index contributed by atoms with van der Waals surface area (Å²) in [4.78, 5) is 21.1. The lowest BCUT2D eigenvalue weighted by atomic mass is 10.1. The van der Waals surface area contributed by atoms with Crippen molar-refractivity contribution in [2.24, 2.45) is 7.05 Å². The lowest BCUT2D eigenvalue weighted by Crippen LogP contribution is -2.27. The van der Waals surface area contributed by atoms with Gasteiger partial charge in [-0.05, 0) is 44.2 Å². The zero-order valence-corrected chi connectivity index (χ0v) is 12.9. The van der Waals surface area contributed by atoms with Gasteiger partial charge in [-0.2, -0.15) is 0 Å². The van der Waals surface area contributed by atoms with Crippen molar-refractivity contribution in [2.45, 2.75) is 19.9 Å². The SMILES string of the molecule is Cc1nc2cc(C(=O)N[C@H](C)c3ccccn3)ccc2n1C. The summed E-state index contributed by atoms with van der Waals surface area (Å²) in [7, 11) is 1.97. The number of aromatic nitrogens is 3. The fraction of sp³-hybridized carbons (Fsp3) is 0.235. The summed E-state index contributed by atoms with van der Waals surface area (Å²) in [6, 6.07) is 11.1. The van der Waals surface area contributed by atoms with Gasteiger partial charge in [-0.15, -0.1) is 0 Å². The van der Waals surface area contributed by atoms with E-state index in [0.29, 0.717) is 5.56 Å². The second-order valence-corrected chi connectivity index (χ2v) is 5.37. The first-order chi connectivity index (χ1) is 10.6. The van der Waals surface area contributed by atoms with Gasteiger partial charge in [0.2, 0.25) is 0 Å². The van der Waals surface area contributed by atoms with Crippen LogP contribution in [-0.2, 0) is 7.05 Å². The molecule has 0 unspecified atom stereocenters. The number of fused-ring (bicyclic) bond motifs is 1. The Bertz CT molecular complexity index is 823. The predicted molar refractivity (Wildman–Crippen MR) is 85.6 cm³/mol. The highest BCUT2D eigenvalue weighted by Gasteiger charge is 2.14. The van der Waals surface area contributed by atoms with E-state index < -0.39 is 0 Å². The summed E-state index contributed by atoms with van der Waals surface area (Å²) >= 11 is 0. The van der Waals surface area contributed by atoms with Crippen LogP contribution in [0.3, 0.4) is 0 Å². The molecule has 1 amide bonds. The van der Waals surface area contributed by atoms with Gasteiger partial charge in [-0.3, -0.25) is 9.78 Å². The molecule has 2 heterocycles. The third-order valence-electron chi connectivity index (χ3n) is 3.85. The van der Waals surface area contributed by atoms with Gasteiger partial charge in [-0.25, -0.2) is 4.98 Å². The molecule has 0 saturated heterocycles. The molecule has 1 aromatic carbocycles. The summed E-state index contributed by atoms with van der Waals surface area (Å²) in [5.74, 6) is 0.803. The van der Waals surface area contributed by atoms with E-state index >= 15 is 0 Å². The van der Waals surface area contributed by atoms with E-state index in [2.05, 4.69) is 15.3 Å². The molecule has 0 fully saturated rings. The molecule has 112 valence electrons. The predicted octanol–water partition coefficient (Wildman–Crippen LogP) is 2.77. The molecule has 0 spiro atoms. The fourth-order valence-corrected chi connectivity index (χ4v) is 2.45. The molecule has 5 heteroatoms. The summed E-state index contributed by atoms with van der Waals surface area (Å²) in [5.41, 5.74) is 3.30. The van der Waals surface area contributed by atoms with E-state index in [0.717, 1.165) is 22.6 Å². The van der Waals surface area contributed by atoms with Crippen LogP contribution in [0.5, 0.6) is 0 Å². The molecule has 3 rings (SSSR count). The van der Waals surface area contributed by atoms with Crippen molar-refractivity contribution in [2.75, 3.05) is 0 Å². The minimum Gasteiger partial charge on any atom is -0.344 e. The molecule has 0 radical (unpaired) electrons. The first-order valence-corrected chi connectivity index (χ1v) is 7.21. The van der Waals surface area contributed by atoms with Crippen LogP contribution in [0.15, 0.2) is 42.6 Å². The van der Waals surface area contributed by atoms with Gasteiger partial charge in [0.15, 0.2) is 0 Å².